The van der Waals surface area contributed by atoms with Gasteiger partial charge < -0.3 is 5.11 Å². The van der Waals surface area contributed by atoms with E-state index in [9.17, 15) is 23.2 Å². The van der Waals surface area contributed by atoms with Crippen molar-refractivity contribution in [1.82, 2.24) is 4.72 Å². The van der Waals surface area contributed by atoms with Gasteiger partial charge in [-0.15, -0.1) is 16.2 Å². The van der Waals surface area contributed by atoms with Gasteiger partial charge in [-0.1, -0.05) is 35.9 Å². The highest BCUT2D eigenvalue weighted by Gasteiger charge is 2.63. The molecule has 2 atom stereocenters. The van der Waals surface area contributed by atoms with Crippen LogP contribution in [-0.2, 0) is 14.8 Å². The number of aliphatic carboxylic acids is 1. The molecule has 30 heavy (non-hydrogen) atoms. The van der Waals surface area contributed by atoms with E-state index in [2.05, 4.69) is 9.90 Å². The maximum absolute atomic E-state index is 12.9. The normalized spacial score (nSPS) is 20.6. The molecule has 1 heterocycles. The van der Waals surface area contributed by atoms with Gasteiger partial charge in [-0.05, 0) is 59.1 Å². The van der Waals surface area contributed by atoms with Crippen LogP contribution in [0.25, 0.3) is 10.4 Å². The predicted molar refractivity (Wildman–Crippen MR) is 115 cm³/mol. The summed E-state index contributed by atoms with van der Waals surface area (Å²) in [7, 11) is -4.08. The van der Waals surface area contributed by atoms with E-state index in [1.54, 1.807) is 42.5 Å². The molecular weight excluding hydrogens is 448 g/mol. The zero-order valence-corrected chi connectivity index (χ0v) is 17.7. The van der Waals surface area contributed by atoms with Gasteiger partial charge in [0, 0.05) is 15.8 Å². The molecule has 0 spiro atoms. The molecular formula is C20H15ClN2O5S2. The van der Waals surface area contributed by atoms with E-state index in [1.807, 2.05) is 0 Å². The number of halogens is 1. The Bertz CT molecular complexity index is 1240. The monoisotopic (exact) mass is 462 g/mol. The maximum atomic E-state index is 12.9. The summed E-state index contributed by atoms with van der Waals surface area (Å²) in [5.74, 6) is -1.86. The molecule has 10 heteroatoms. The highest BCUT2D eigenvalue weighted by molar-refractivity contribution is 7.91. The van der Waals surface area contributed by atoms with Crippen molar-refractivity contribution in [2.75, 3.05) is 0 Å². The fraction of sp³-hybridized carbons (Fsp3) is 0.150. The van der Waals surface area contributed by atoms with Crippen LogP contribution in [0.1, 0.15) is 17.9 Å². The summed E-state index contributed by atoms with van der Waals surface area (Å²) < 4.78 is 28.3. The SMILES string of the molecule is O=Nc1cccc([C@H]2C[C@@]2(NS(=O)(=O)c2ccc(-c3ccc(Cl)cc3)s2)C(=O)O)c1. The Labute approximate surface area is 181 Å². The summed E-state index contributed by atoms with van der Waals surface area (Å²) in [6.45, 7) is 0. The molecule has 154 valence electrons. The molecule has 1 fully saturated rings. The molecule has 0 amide bonds. The molecule has 7 nitrogen and oxygen atoms in total. The molecule has 0 aliphatic heterocycles. The Kier molecular flexibility index (Phi) is 5.23. The Morgan fingerprint density at radius 2 is 1.90 bits per heavy atom. The highest BCUT2D eigenvalue weighted by Crippen LogP contribution is 2.53. The second-order valence-corrected chi connectivity index (χ2v) is 10.4. The van der Waals surface area contributed by atoms with Gasteiger partial charge in [0.25, 0.3) is 10.0 Å². The molecule has 0 unspecified atom stereocenters. The lowest BCUT2D eigenvalue weighted by atomic mass is 10.1. The van der Waals surface area contributed by atoms with Gasteiger partial charge in [0.05, 0.1) is 0 Å². The number of rotatable bonds is 7. The minimum absolute atomic E-state index is 0.0158. The van der Waals surface area contributed by atoms with Crippen LogP contribution in [0.2, 0.25) is 5.02 Å². The maximum Gasteiger partial charge on any atom is 0.325 e. The third kappa shape index (κ3) is 3.77. The predicted octanol–water partition coefficient (Wildman–Crippen LogP) is 4.76. The third-order valence-electron chi connectivity index (χ3n) is 5.01. The van der Waals surface area contributed by atoms with Gasteiger partial charge in [-0.3, -0.25) is 4.79 Å². The van der Waals surface area contributed by atoms with E-state index in [1.165, 1.54) is 18.2 Å². The third-order valence-corrected chi connectivity index (χ3v) is 8.40. The lowest BCUT2D eigenvalue weighted by Crippen LogP contribution is -2.44. The number of hydrogen-bond donors (Lipinski definition) is 2. The lowest BCUT2D eigenvalue weighted by Gasteiger charge is -2.14. The van der Waals surface area contributed by atoms with Crippen LogP contribution in [0.5, 0.6) is 0 Å². The van der Waals surface area contributed by atoms with Gasteiger partial charge in [0.15, 0.2) is 0 Å². The van der Waals surface area contributed by atoms with E-state index in [0.29, 0.717) is 15.5 Å². The number of carbonyl (C=O) groups is 1. The van der Waals surface area contributed by atoms with Gasteiger partial charge in [0.1, 0.15) is 15.4 Å². The van der Waals surface area contributed by atoms with Crippen LogP contribution in [0.15, 0.2) is 70.0 Å². The fourth-order valence-corrected chi connectivity index (χ4v) is 6.22. The highest BCUT2D eigenvalue weighted by atomic mass is 35.5. The van der Waals surface area contributed by atoms with E-state index >= 15 is 0 Å². The molecule has 0 saturated heterocycles. The second kappa shape index (κ2) is 7.59. The molecule has 2 aromatic carbocycles. The van der Waals surface area contributed by atoms with E-state index in [0.717, 1.165) is 16.9 Å². The number of thiophene rings is 1. The molecule has 0 radical (unpaired) electrons. The summed E-state index contributed by atoms with van der Waals surface area (Å²) in [5, 5.41) is 13.2. The second-order valence-electron chi connectivity index (χ2n) is 6.95. The average molecular weight is 463 g/mol. The van der Waals surface area contributed by atoms with Crippen molar-refractivity contribution in [1.29, 1.82) is 0 Å². The van der Waals surface area contributed by atoms with Gasteiger partial charge in [-0.25, -0.2) is 8.42 Å². The Hall–Kier alpha value is -2.59. The summed E-state index contributed by atoms with van der Waals surface area (Å²) in [4.78, 5) is 23.4. The molecule has 0 bridgehead atoms. The minimum atomic E-state index is -4.08. The largest absolute Gasteiger partial charge is 0.480 e. The summed E-state index contributed by atoms with van der Waals surface area (Å²) >= 11 is 6.93. The van der Waals surface area contributed by atoms with Crippen LogP contribution >= 0.6 is 22.9 Å². The van der Waals surface area contributed by atoms with E-state index in [-0.39, 0.29) is 16.3 Å². The van der Waals surface area contributed by atoms with E-state index in [4.69, 9.17) is 11.6 Å². The number of nitrogens with zero attached hydrogens (tertiary/aromatic N) is 1. The number of nitrogens with one attached hydrogen (secondary N) is 1. The van der Waals surface area contributed by atoms with Gasteiger partial charge >= 0.3 is 5.97 Å². The smallest absolute Gasteiger partial charge is 0.325 e. The molecule has 2 N–H and O–H groups in total. The van der Waals surface area contributed by atoms with Crippen LogP contribution in [0.3, 0.4) is 0 Å². The quantitative estimate of drug-likeness (QED) is 0.491. The standard InChI is InChI=1S/C20H15ClN2O5S2/c21-14-6-4-12(5-7-14)17-8-9-18(29-17)30(27,28)23-20(19(24)25)11-16(20)13-2-1-3-15(10-13)22-26/h1-10,16,23H,11H2,(H,24,25)/t16-,20+/m1/s1. The first-order valence-corrected chi connectivity index (χ1v) is 11.5. The van der Waals surface area contributed by atoms with Gasteiger partial charge in [-0.2, -0.15) is 4.72 Å². The van der Waals surface area contributed by atoms with Gasteiger partial charge in [0.2, 0.25) is 0 Å². The van der Waals surface area contributed by atoms with Crippen molar-refractivity contribution in [3.8, 4) is 10.4 Å². The van der Waals surface area contributed by atoms with Crippen molar-refractivity contribution in [3.63, 3.8) is 0 Å². The number of sulfonamides is 1. The number of nitroso groups, excluding NO2 is 1. The van der Waals surface area contributed by atoms with Crippen molar-refractivity contribution in [3.05, 3.63) is 76.2 Å². The minimum Gasteiger partial charge on any atom is -0.480 e. The number of carboxylic acid groups (broad SMARTS) is 1. The first-order chi connectivity index (χ1) is 14.2. The number of carboxylic acids is 1. The van der Waals surface area contributed by atoms with Crippen LogP contribution in [0.4, 0.5) is 5.69 Å². The summed E-state index contributed by atoms with van der Waals surface area (Å²) in [6, 6.07) is 16.3. The zero-order chi connectivity index (χ0) is 21.5. The molecule has 1 saturated carbocycles. The number of benzene rings is 2. The first kappa shape index (κ1) is 20.7. The first-order valence-electron chi connectivity index (χ1n) is 8.82. The molecule has 1 aromatic heterocycles. The zero-order valence-electron chi connectivity index (χ0n) is 15.3. The van der Waals surface area contributed by atoms with Crippen molar-refractivity contribution in [2.45, 2.75) is 22.1 Å². The fourth-order valence-electron chi connectivity index (χ4n) is 3.38. The Morgan fingerprint density at radius 3 is 2.57 bits per heavy atom. The topological polar surface area (TPSA) is 113 Å². The van der Waals surface area contributed by atoms with Crippen molar-refractivity contribution in [2.24, 2.45) is 5.18 Å². The molecule has 1 aliphatic rings. The van der Waals surface area contributed by atoms with Crippen LogP contribution in [-0.4, -0.2) is 25.0 Å². The van der Waals surface area contributed by atoms with Crippen molar-refractivity contribution < 1.29 is 18.3 Å². The summed E-state index contributed by atoms with van der Waals surface area (Å²) in [5.41, 5.74) is -0.149. The number of hydrogen-bond acceptors (Lipinski definition) is 6. The van der Waals surface area contributed by atoms with Crippen LogP contribution in [0, 0.1) is 4.91 Å². The molecule has 1 aliphatic carbocycles. The van der Waals surface area contributed by atoms with E-state index < -0.39 is 27.4 Å². The lowest BCUT2D eigenvalue weighted by molar-refractivity contribution is -0.140. The summed E-state index contributed by atoms with van der Waals surface area (Å²) in [6.07, 6.45) is 0.0826. The molecule has 4 rings (SSSR count). The van der Waals surface area contributed by atoms with Crippen molar-refractivity contribution >= 4 is 44.6 Å². The average Bonchev–Trinajstić information content (AvgIpc) is 3.22. The molecule has 3 aromatic rings. The Balaban J connectivity index is 1.61. The van der Waals surface area contributed by atoms with Crippen LogP contribution < -0.4 is 4.72 Å². The Morgan fingerprint density at radius 1 is 1.17 bits per heavy atom.